The number of nitrogens with zero attached hydrogens (tertiary/aromatic N) is 1. The van der Waals surface area contributed by atoms with Gasteiger partial charge in [-0.1, -0.05) is 6.92 Å². The van der Waals surface area contributed by atoms with Gasteiger partial charge in [-0.05, 0) is 12.1 Å². The first kappa shape index (κ1) is 11.8. The number of hydrogen-bond donors (Lipinski definition) is 0. The van der Waals surface area contributed by atoms with Crippen LogP contribution >= 0.6 is 0 Å². The fourth-order valence-electron chi connectivity index (χ4n) is 0.916. The van der Waals surface area contributed by atoms with Gasteiger partial charge < -0.3 is 0 Å². The summed E-state index contributed by atoms with van der Waals surface area (Å²) < 4.78 is 34.7. The molecular formula is C9H10FNO3S. The number of aromatic nitrogens is 1. The lowest BCUT2D eigenvalue weighted by atomic mass is 10.3. The third kappa shape index (κ3) is 3.39. The summed E-state index contributed by atoms with van der Waals surface area (Å²) in [6.07, 6.45) is 0.881. The summed E-state index contributed by atoms with van der Waals surface area (Å²) in [7, 11) is -3.36. The summed E-state index contributed by atoms with van der Waals surface area (Å²) in [5.74, 6) is -1.86. The van der Waals surface area contributed by atoms with Gasteiger partial charge in [0.15, 0.2) is 15.6 Å². The van der Waals surface area contributed by atoms with Crippen LogP contribution < -0.4 is 0 Å². The van der Waals surface area contributed by atoms with Crippen LogP contribution in [0.1, 0.15) is 17.4 Å². The van der Waals surface area contributed by atoms with Crippen molar-refractivity contribution in [1.29, 1.82) is 0 Å². The molecule has 0 saturated carbocycles. The van der Waals surface area contributed by atoms with E-state index in [0.717, 1.165) is 12.3 Å². The van der Waals surface area contributed by atoms with Gasteiger partial charge in [-0.15, -0.1) is 0 Å². The van der Waals surface area contributed by atoms with E-state index in [1.54, 1.807) is 0 Å². The Morgan fingerprint density at radius 1 is 1.47 bits per heavy atom. The molecule has 0 radical (unpaired) electrons. The van der Waals surface area contributed by atoms with Crippen LogP contribution in [0.4, 0.5) is 4.39 Å². The SMILES string of the molecule is CCS(=O)(=O)CC(=O)c1ccc(F)cn1. The highest BCUT2D eigenvalue weighted by molar-refractivity contribution is 7.92. The summed E-state index contributed by atoms with van der Waals surface area (Å²) in [4.78, 5) is 14.9. The van der Waals surface area contributed by atoms with Crippen LogP contribution in [0.25, 0.3) is 0 Å². The van der Waals surface area contributed by atoms with Gasteiger partial charge in [0.2, 0.25) is 0 Å². The predicted molar refractivity (Wildman–Crippen MR) is 52.9 cm³/mol. The number of carbonyl (C=O) groups excluding carboxylic acids is 1. The molecule has 0 spiro atoms. The standard InChI is InChI=1S/C9H10FNO3S/c1-2-15(13,14)6-9(12)8-4-3-7(10)5-11-8/h3-5H,2,6H2,1H3. The number of halogens is 1. The zero-order chi connectivity index (χ0) is 11.5. The van der Waals surface area contributed by atoms with Gasteiger partial charge in [0.1, 0.15) is 17.3 Å². The number of ketones is 1. The quantitative estimate of drug-likeness (QED) is 0.720. The van der Waals surface area contributed by atoms with Gasteiger partial charge in [-0.3, -0.25) is 9.78 Å². The number of hydrogen-bond acceptors (Lipinski definition) is 4. The number of rotatable bonds is 4. The van der Waals surface area contributed by atoms with Crippen molar-refractivity contribution in [1.82, 2.24) is 4.98 Å². The summed E-state index contributed by atoms with van der Waals surface area (Å²) in [6, 6.07) is 2.24. The Bertz CT molecular complexity index is 453. The second-order valence-corrected chi connectivity index (χ2v) is 5.31. The second-order valence-electron chi connectivity index (χ2n) is 2.96. The number of pyridine rings is 1. The fourth-order valence-corrected chi connectivity index (χ4v) is 1.67. The Kier molecular flexibility index (Phi) is 3.52. The monoisotopic (exact) mass is 231 g/mol. The molecule has 0 atom stereocenters. The van der Waals surface area contributed by atoms with E-state index in [1.165, 1.54) is 13.0 Å². The number of carbonyl (C=O) groups is 1. The molecule has 0 unspecified atom stereocenters. The first-order chi connectivity index (χ1) is 6.94. The molecule has 15 heavy (non-hydrogen) atoms. The van der Waals surface area contributed by atoms with Crippen molar-refractivity contribution < 1.29 is 17.6 Å². The maximum absolute atomic E-state index is 12.5. The summed E-state index contributed by atoms with van der Waals surface area (Å²) in [5, 5.41) is 0. The molecule has 1 heterocycles. The minimum atomic E-state index is -3.36. The average Bonchev–Trinajstić information content (AvgIpc) is 2.18. The zero-order valence-electron chi connectivity index (χ0n) is 8.10. The Hall–Kier alpha value is -1.30. The smallest absolute Gasteiger partial charge is 0.196 e. The van der Waals surface area contributed by atoms with Gasteiger partial charge in [-0.25, -0.2) is 12.8 Å². The Balaban J connectivity index is 2.83. The summed E-state index contributed by atoms with van der Waals surface area (Å²) in [6.45, 7) is 1.46. The van der Waals surface area contributed by atoms with Crippen molar-refractivity contribution in [2.24, 2.45) is 0 Å². The molecular weight excluding hydrogens is 221 g/mol. The van der Waals surface area contributed by atoms with Crippen molar-refractivity contribution in [3.05, 3.63) is 29.8 Å². The van der Waals surface area contributed by atoms with Gasteiger partial charge in [0, 0.05) is 5.75 Å². The molecule has 4 nitrogen and oxygen atoms in total. The highest BCUT2D eigenvalue weighted by atomic mass is 32.2. The van der Waals surface area contributed by atoms with E-state index in [9.17, 15) is 17.6 Å². The highest BCUT2D eigenvalue weighted by Crippen LogP contribution is 2.02. The highest BCUT2D eigenvalue weighted by Gasteiger charge is 2.16. The molecule has 0 N–H and O–H groups in total. The van der Waals surface area contributed by atoms with E-state index in [-0.39, 0.29) is 11.4 Å². The molecule has 0 bridgehead atoms. The topological polar surface area (TPSA) is 64.1 Å². The van der Waals surface area contributed by atoms with Gasteiger partial charge in [-0.2, -0.15) is 0 Å². The van der Waals surface area contributed by atoms with E-state index in [0.29, 0.717) is 0 Å². The Morgan fingerprint density at radius 3 is 2.60 bits per heavy atom. The third-order valence-corrected chi connectivity index (χ3v) is 3.39. The molecule has 0 saturated heterocycles. The molecule has 1 aromatic rings. The minimum absolute atomic E-state index is 0.0339. The van der Waals surface area contributed by atoms with E-state index < -0.39 is 27.2 Å². The molecule has 1 rings (SSSR count). The molecule has 6 heteroatoms. The lowest BCUT2D eigenvalue weighted by Crippen LogP contribution is -2.18. The fraction of sp³-hybridized carbons (Fsp3) is 0.333. The van der Waals surface area contributed by atoms with E-state index in [2.05, 4.69) is 4.98 Å². The molecule has 82 valence electrons. The van der Waals surface area contributed by atoms with Crippen molar-refractivity contribution in [3.63, 3.8) is 0 Å². The van der Waals surface area contributed by atoms with Crippen LogP contribution in [0, 0.1) is 5.82 Å². The van der Waals surface area contributed by atoms with Crippen LogP contribution in [-0.2, 0) is 9.84 Å². The Morgan fingerprint density at radius 2 is 2.13 bits per heavy atom. The molecule has 0 amide bonds. The van der Waals surface area contributed by atoms with Crippen molar-refractivity contribution in [2.45, 2.75) is 6.92 Å². The molecule has 1 aromatic heterocycles. The van der Waals surface area contributed by atoms with Gasteiger partial charge in [0.25, 0.3) is 0 Å². The maximum atomic E-state index is 12.5. The minimum Gasteiger partial charge on any atom is -0.291 e. The molecule has 0 aliphatic carbocycles. The molecule has 0 aliphatic heterocycles. The third-order valence-electron chi connectivity index (χ3n) is 1.80. The van der Waals surface area contributed by atoms with Crippen LogP contribution in [0.5, 0.6) is 0 Å². The predicted octanol–water partition coefficient (Wildman–Crippen LogP) is 0.838. The molecule has 0 aliphatic rings. The summed E-state index contributed by atoms with van der Waals surface area (Å²) in [5.41, 5.74) is -0.0339. The molecule has 0 aromatic carbocycles. The van der Waals surface area contributed by atoms with E-state index in [4.69, 9.17) is 0 Å². The number of Topliss-reactive ketones (excluding diaryl/α,β-unsaturated/α-hetero) is 1. The first-order valence-corrected chi connectivity index (χ1v) is 6.12. The average molecular weight is 231 g/mol. The van der Waals surface area contributed by atoms with Crippen LogP contribution in [-0.4, -0.2) is 30.7 Å². The normalized spacial score (nSPS) is 11.3. The van der Waals surface area contributed by atoms with E-state index >= 15 is 0 Å². The zero-order valence-corrected chi connectivity index (χ0v) is 8.92. The molecule has 0 fully saturated rings. The van der Waals surface area contributed by atoms with Crippen LogP contribution in [0.15, 0.2) is 18.3 Å². The maximum Gasteiger partial charge on any atom is 0.196 e. The van der Waals surface area contributed by atoms with Crippen molar-refractivity contribution in [3.8, 4) is 0 Å². The second kappa shape index (κ2) is 4.48. The number of sulfone groups is 1. The van der Waals surface area contributed by atoms with Crippen molar-refractivity contribution >= 4 is 15.6 Å². The van der Waals surface area contributed by atoms with Gasteiger partial charge in [0.05, 0.1) is 6.20 Å². The van der Waals surface area contributed by atoms with E-state index in [1.807, 2.05) is 0 Å². The Labute approximate surface area is 87.1 Å². The van der Waals surface area contributed by atoms with Gasteiger partial charge >= 0.3 is 0 Å². The van der Waals surface area contributed by atoms with Crippen LogP contribution in [0.2, 0.25) is 0 Å². The first-order valence-electron chi connectivity index (χ1n) is 4.30. The lowest BCUT2D eigenvalue weighted by molar-refractivity contribution is 0.101. The summed E-state index contributed by atoms with van der Waals surface area (Å²) >= 11 is 0. The lowest BCUT2D eigenvalue weighted by Gasteiger charge is -2.00. The van der Waals surface area contributed by atoms with Crippen LogP contribution in [0.3, 0.4) is 0 Å². The largest absolute Gasteiger partial charge is 0.291 e. The van der Waals surface area contributed by atoms with Crippen molar-refractivity contribution in [2.75, 3.05) is 11.5 Å².